The van der Waals surface area contributed by atoms with Crippen LogP contribution in [-0.4, -0.2) is 12.2 Å². The first kappa shape index (κ1) is 12.7. The molecule has 4 saturated carbocycles. The van der Waals surface area contributed by atoms with E-state index in [2.05, 4.69) is 19.1 Å². The molecular weight excluding hydrogens is 248 g/mol. The molecule has 5 rings (SSSR count). The summed E-state index contributed by atoms with van der Waals surface area (Å²) in [6.07, 6.45) is 6.35. The van der Waals surface area contributed by atoms with E-state index in [1.165, 1.54) is 37.7 Å². The number of aliphatic hydroxyl groups is 1. The Balaban J connectivity index is 1.77. The molecule has 2 heteroatoms. The van der Waals surface area contributed by atoms with Crippen molar-refractivity contribution in [2.75, 3.05) is 7.11 Å². The zero-order valence-electron chi connectivity index (χ0n) is 12.4. The van der Waals surface area contributed by atoms with Crippen LogP contribution in [0.25, 0.3) is 0 Å². The molecule has 0 atom stereocenters. The summed E-state index contributed by atoms with van der Waals surface area (Å²) in [7, 11) is 1.70. The highest BCUT2D eigenvalue weighted by molar-refractivity contribution is 5.40. The zero-order valence-corrected chi connectivity index (χ0v) is 12.4. The fourth-order valence-electron chi connectivity index (χ4n) is 5.55. The Bertz CT molecular complexity index is 506. The third kappa shape index (κ3) is 1.60. The van der Waals surface area contributed by atoms with Crippen molar-refractivity contribution in [3.63, 3.8) is 0 Å². The summed E-state index contributed by atoms with van der Waals surface area (Å²) < 4.78 is 5.31. The van der Waals surface area contributed by atoms with Crippen LogP contribution in [0.15, 0.2) is 18.2 Å². The van der Waals surface area contributed by atoms with Gasteiger partial charge in [0.2, 0.25) is 0 Å². The number of benzene rings is 1. The lowest BCUT2D eigenvalue weighted by molar-refractivity contribution is -0.179. The highest BCUT2D eigenvalue weighted by Crippen LogP contribution is 2.62. The molecule has 1 aromatic rings. The fourth-order valence-corrected chi connectivity index (χ4v) is 5.55. The lowest BCUT2D eigenvalue weighted by Gasteiger charge is -2.59. The van der Waals surface area contributed by atoms with E-state index in [0.29, 0.717) is 11.8 Å². The highest BCUT2D eigenvalue weighted by atomic mass is 16.5. The molecule has 4 aliphatic rings. The normalized spacial score (nSPS) is 42.0. The molecule has 0 spiro atoms. The SMILES string of the molecule is COc1ccc(C2(O)C3CC4CC(C3)CC2C4)c(C)c1. The number of methoxy groups -OCH3 is 1. The first-order valence-electron chi connectivity index (χ1n) is 7.98. The van der Waals surface area contributed by atoms with Crippen LogP contribution in [0, 0.1) is 30.6 Å². The minimum atomic E-state index is -0.580. The summed E-state index contributed by atoms with van der Waals surface area (Å²) in [5, 5.41) is 11.6. The Labute approximate surface area is 121 Å². The third-order valence-electron chi connectivity index (χ3n) is 6.25. The van der Waals surface area contributed by atoms with Crippen LogP contribution in [-0.2, 0) is 5.60 Å². The maximum absolute atomic E-state index is 11.6. The van der Waals surface area contributed by atoms with Crippen molar-refractivity contribution in [1.29, 1.82) is 0 Å². The van der Waals surface area contributed by atoms with E-state index in [1.54, 1.807) is 7.11 Å². The molecule has 0 unspecified atom stereocenters. The molecule has 4 bridgehead atoms. The van der Waals surface area contributed by atoms with E-state index < -0.39 is 5.60 Å². The number of hydrogen-bond donors (Lipinski definition) is 1. The lowest BCUT2D eigenvalue weighted by Crippen LogP contribution is -2.55. The van der Waals surface area contributed by atoms with Gasteiger partial charge in [0.15, 0.2) is 0 Å². The molecular formula is C18H24O2. The smallest absolute Gasteiger partial charge is 0.119 e. The Morgan fingerprint density at radius 3 is 2.15 bits per heavy atom. The molecule has 0 saturated heterocycles. The molecule has 0 aromatic heterocycles. The second kappa shape index (κ2) is 4.24. The van der Waals surface area contributed by atoms with Gasteiger partial charge in [0.25, 0.3) is 0 Å². The average molecular weight is 272 g/mol. The highest BCUT2D eigenvalue weighted by Gasteiger charge is 2.57. The summed E-state index contributed by atoms with van der Waals surface area (Å²) in [6, 6.07) is 6.18. The molecule has 1 N–H and O–H groups in total. The molecule has 0 radical (unpaired) electrons. The second-order valence-corrected chi connectivity index (χ2v) is 7.31. The molecule has 20 heavy (non-hydrogen) atoms. The predicted octanol–water partition coefficient (Wildman–Crippen LogP) is 3.65. The van der Waals surface area contributed by atoms with E-state index >= 15 is 0 Å². The van der Waals surface area contributed by atoms with Crippen molar-refractivity contribution >= 4 is 0 Å². The van der Waals surface area contributed by atoms with Gasteiger partial charge in [-0.15, -0.1) is 0 Å². The predicted molar refractivity (Wildman–Crippen MR) is 78.7 cm³/mol. The van der Waals surface area contributed by atoms with Crippen molar-refractivity contribution in [2.45, 2.75) is 44.6 Å². The number of ether oxygens (including phenoxy) is 1. The minimum absolute atomic E-state index is 0.478. The Morgan fingerprint density at radius 2 is 1.65 bits per heavy atom. The van der Waals surface area contributed by atoms with Crippen LogP contribution < -0.4 is 4.74 Å². The Morgan fingerprint density at radius 1 is 1.05 bits per heavy atom. The topological polar surface area (TPSA) is 29.5 Å². The van der Waals surface area contributed by atoms with E-state index in [-0.39, 0.29) is 0 Å². The van der Waals surface area contributed by atoms with Crippen LogP contribution in [0.4, 0.5) is 0 Å². The summed E-state index contributed by atoms with van der Waals surface area (Å²) in [6.45, 7) is 2.11. The molecule has 4 fully saturated rings. The van der Waals surface area contributed by atoms with Crippen LogP contribution in [0.3, 0.4) is 0 Å². The molecule has 0 amide bonds. The first-order chi connectivity index (χ1) is 9.61. The van der Waals surface area contributed by atoms with Crippen molar-refractivity contribution in [2.24, 2.45) is 23.7 Å². The lowest BCUT2D eigenvalue weighted by atomic mass is 9.48. The van der Waals surface area contributed by atoms with E-state index in [0.717, 1.165) is 23.1 Å². The van der Waals surface area contributed by atoms with Crippen LogP contribution in [0.1, 0.15) is 43.2 Å². The summed E-state index contributed by atoms with van der Waals surface area (Å²) in [5.41, 5.74) is 1.76. The van der Waals surface area contributed by atoms with Crippen molar-refractivity contribution in [3.05, 3.63) is 29.3 Å². The van der Waals surface area contributed by atoms with Gasteiger partial charge in [0, 0.05) is 0 Å². The molecule has 4 aliphatic carbocycles. The van der Waals surface area contributed by atoms with Gasteiger partial charge in [-0.1, -0.05) is 6.07 Å². The van der Waals surface area contributed by atoms with E-state index in [4.69, 9.17) is 4.74 Å². The first-order valence-corrected chi connectivity index (χ1v) is 7.98. The van der Waals surface area contributed by atoms with E-state index in [1.807, 2.05) is 6.07 Å². The van der Waals surface area contributed by atoms with Crippen molar-refractivity contribution in [1.82, 2.24) is 0 Å². The minimum Gasteiger partial charge on any atom is -0.497 e. The van der Waals surface area contributed by atoms with Gasteiger partial charge in [-0.05, 0) is 86.0 Å². The molecule has 0 heterocycles. The van der Waals surface area contributed by atoms with Gasteiger partial charge in [-0.2, -0.15) is 0 Å². The second-order valence-electron chi connectivity index (χ2n) is 7.31. The van der Waals surface area contributed by atoms with Gasteiger partial charge in [0.1, 0.15) is 5.75 Å². The van der Waals surface area contributed by atoms with Gasteiger partial charge >= 0.3 is 0 Å². The summed E-state index contributed by atoms with van der Waals surface area (Å²) in [5.74, 6) is 3.61. The maximum atomic E-state index is 11.6. The monoisotopic (exact) mass is 272 g/mol. The zero-order chi connectivity index (χ0) is 13.9. The molecule has 0 aliphatic heterocycles. The Hall–Kier alpha value is -1.02. The number of aryl methyl sites for hydroxylation is 1. The quantitative estimate of drug-likeness (QED) is 0.890. The van der Waals surface area contributed by atoms with E-state index in [9.17, 15) is 5.11 Å². The maximum Gasteiger partial charge on any atom is 0.119 e. The van der Waals surface area contributed by atoms with Crippen molar-refractivity contribution in [3.8, 4) is 5.75 Å². The van der Waals surface area contributed by atoms with Gasteiger partial charge < -0.3 is 9.84 Å². The largest absolute Gasteiger partial charge is 0.497 e. The average Bonchev–Trinajstić information content (AvgIpc) is 2.43. The Kier molecular flexibility index (Phi) is 2.69. The molecule has 108 valence electrons. The van der Waals surface area contributed by atoms with Gasteiger partial charge in [-0.25, -0.2) is 0 Å². The van der Waals surface area contributed by atoms with Crippen LogP contribution in [0.5, 0.6) is 5.75 Å². The number of rotatable bonds is 2. The number of hydrogen-bond acceptors (Lipinski definition) is 2. The summed E-state index contributed by atoms with van der Waals surface area (Å²) in [4.78, 5) is 0. The standard InChI is InChI=1S/C18H24O2/c1-11-5-16(20-2)3-4-17(11)18(19)14-7-12-6-13(9-14)10-15(18)8-12/h3-5,12-15,19H,6-10H2,1-2H3. The van der Waals surface area contributed by atoms with Crippen molar-refractivity contribution < 1.29 is 9.84 Å². The molecule has 2 nitrogen and oxygen atoms in total. The van der Waals surface area contributed by atoms with Gasteiger partial charge in [0.05, 0.1) is 12.7 Å². The summed E-state index contributed by atoms with van der Waals surface area (Å²) >= 11 is 0. The van der Waals surface area contributed by atoms with Gasteiger partial charge in [-0.3, -0.25) is 0 Å². The van der Waals surface area contributed by atoms with Crippen LogP contribution >= 0.6 is 0 Å². The van der Waals surface area contributed by atoms with Crippen LogP contribution in [0.2, 0.25) is 0 Å². The molecule has 1 aromatic carbocycles. The fraction of sp³-hybridized carbons (Fsp3) is 0.667. The third-order valence-corrected chi connectivity index (χ3v) is 6.25.